The first-order valence-electron chi connectivity index (χ1n) is 6.60. The van der Waals surface area contributed by atoms with Crippen LogP contribution in [0.25, 0.3) is 0 Å². The minimum absolute atomic E-state index is 0.0658. The summed E-state index contributed by atoms with van der Waals surface area (Å²) in [5.41, 5.74) is -1.74. The smallest absolute Gasteiger partial charge is 0.381 e. The highest BCUT2D eigenvalue weighted by atomic mass is 19.4. The van der Waals surface area contributed by atoms with Crippen LogP contribution >= 0.6 is 0 Å². The topological polar surface area (TPSA) is 74.2 Å². The summed E-state index contributed by atoms with van der Waals surface area (Å²) in [6.45, 7) is -0.132. The van der Waals surface area contributed by atoms with Crippen LogP contribution in [0.3, 0.4) is 0 Å². The van der Waals surface area contributed by atoms with Gasteiger partial charge in [0, 0.05) is 31.7 Å². The third-order valence-corrected chi connectivity index (χ3v) is 3.49. The molecule has 8 heteroatoms. The molecule has 0 saturated carbocycles. The minimum Gasteiger partial charge on any atom is -0.381 e. The molecule has 22 heavy (non-hydrogen) atoms. The zero-order valence-electron chi connectivity index (χ0n) is 11.5. The van der Waals surface area contributed by atoms with Gasteiger partial charge in [0.1, 0.15) is 5.54 Å². The molecule has 2 rings (SSSR count). The Kier molecular flexibility index (Phi) is 4.56. The van der Waals surface area contributed by atoms with E-state index in [1.54, 1.807) is 0 Å². The van der Waals surface area contributed by atoms with Gasteiger partial charge in [0.25, 0.3) is 0 Å². The Bertz CT molecular complexity index is 590. The van der Waals surface area contributed by atoms with E-state index >= 15 is 0 Å². The average Bonchev–Trinajstić information content (AvgIpc) is 2.47. The molecule has 0 aliphatic carbocycles. The van der Waals surface area contributed by atoms with E-state index in [4.69, 9.17) is 10.00 Å². The van der Waals surface area contributed by atoms with E-state index in [1.165, 1.54) is 24.3 Å². The lowest BCUT2D eigenvalue weighted by atomic mass is 9.89. The van der Waals surface area contributed by atoms with Crippen molar-refractivity contribution in [2.24, 2.45) is 0 Å². The number of anilines is 1. The summed E-state index contributed by atoms with van der Waals surface area (Å²) >= 11 is 0. The Morgan fingerprint density at radius 3 is 2.59 bits per heavy atom. The molecule has 0 spiro atoms. The number of ether oxygens (including phenoxy) is 1. The van der Waals surface area contributed by atoms with Gasteiger partial charge in [0.05, 0.1) is 11.6 Å². The lowest BCUT2D eigenvalue weighted by Gasteiger charge is -2.39. The zero-order chi connectivity index (χ0) is 16.2. The molecule has 0 bridgehead atoms. The molecule has 1 heterocycles. The van der Waals surface area contributed by atoms with Crippen LogP contribution in [-0.2, 0) is 4.74 Å². The molecular weight excluding hydrogens is 299 g/mol. The standard InChI is InChI=1S/C14H14F3N3O2/c15-14(16,17)13(4-6-22-7-5-13)20-12(21)19-11-3-1-2-10(8-11)9-18/h1-3,8H,4-7H2,(H2,19,20,21). The maximum absolute atomic E-state index is 13.3. The minimum atomic E-state index is -4.57. The number of benzene rings is 1. The van der Waals surface area contributed by atoms with Crippen molar-refractivity contribution < 1.29 is 22.7 Å². The van der Waals surface area contributed by atoms with Crippen molar-refractivity contribution in [3.8, 4) is 6.07 Å². The highest BCUT2D eigenvalue weighted by Gasteiger charge is 2.56. The normalized spacial score (nSPS) is 17.4. The number of amides is 2. The molecule has 1 saturated heterocycles. The molecule has 1 aromatic carbocycles. The van der Waals surface area contributed by atoms with Crippen molar-refractivity contribution in [2.45, 2.75) is 24.6 Å². The van der Waals surface area contributed by atoms with Gasteiger partial charge in [-0.3, -0.25) is 0 Å². The largest absolute Gasteiger partial charge is 0.411 e. The quantitative estimate of drug-likeness (QED) is 0.881. The summed E-state index contributed by atoms with van der Waals surface area (Å²) in [5.74, 6) is 0. The first kappa shape index (κ1) is 16.1. The van der Waals surface area contributed by atoms with Crippen LogP contribution < -0.4 is 10.6 Å². The number of nitrogens with zero attached hydrogens (tertiary/aromatic N) is 1. The molecular formula is C14H14F3N3O2. The van der Waals surface area contributed by atoms with Gasteiger partial charge in [0.2, 0.25) is 0 Å². The van der Waals surface area contributed by atoms with Gasteiger partial charge in [0.15, 0.2) is 0 Å². The van der Waals surface area contributed by atoms with Crippen LogP contribution in [0.2, 0.25) is 0 Å². The lowest BCUT2D eigenvalue weighted by Crippen LogP contribution is -2.62. The SMILES string of the molecule is N#Cc1cccc(NC(=O)NC2(C(F)(F)F)CCOCC2)c1. The summed E-state index contributed by atoms with van der Waals surface area (Å²) < 4.78 is 44.8. The van der Waals surface area contributed by atoms with Crippen molar-refractivity contribution in [3.63, 3.8) is 0 Å². The zero-order valence-corrected chi connectivity index (χ0v) is 11.5. The number of hydrogen-bond donors (Lipinski definition) is 2. The second-order valence-corrected chi connectivity index (χ2v) is 4.96. The molecule has 0 radical (unpaired) electrons. The van der Waals surface area contributed by atoms with E-state index in [-0.39, 0.29) is 31.7 Å². The van der Waals surface area contributed by atoms with Crippen LogP contribution in [0.4, 0.5) is 23.7 Å². The highest BCUT2D eigenvalue weighted by Crippen LogP contribution is 2.38. The van der Waals surface area contributed by atoms with Gasteiger partial charge in [-0.05, 0) is 18.2 Å². The van der Waals surface area contributed by atoms with E-state index in [1.807, 2.05) is 11.4 Å². The molecule has 118 valence electrons. The first-order valence-corrected chi connectivity index (χ1v) is 6.60. The van der Waals surface area contributed by atoms with E-state index in [2.05, 4.69) is 5.32 Å². The second kappa shape index (κ2) is 6.23. The number of hydrogen-bond acceptors (Lipinski definition) is 3. The number of carbonyl (C=O) groups excluding carboxylic acids is 1. The van der Waals surface area contributed by atoms with Crippen molar-refractivity contribution in [1.29, 1.82) is 5.26 Å². The van der Waals surface area contributed by atoms with Crippen molar-refractivity contribution in [2.75, 3.05) is 18.5 Å². The Morgan fingerprint density at radius 1 is 1.32 bits per heavy atom. The Morgan fingerprint density at radius 2 is 2.00 bits per heavy atom. The fraction of sp³-hybridized carbons (Fsp3) is 0.429. The third kappa shape index (κ3) is 3.49. The molecule has 0 unspecified atom stereocenters. The summed E-state index contributed by atoms with van der Waals surface area (Å²) in [5, 5.41) is 13.1. The van der Waals surface area contributed by atoms with Crippen LogP contribution in [0, 0.1) is 11.3 Å². The van der Waals surface area contributed by atoms with E-state index < -0.39 is 17.7 Å². The van der Waals surface area contributed by atoms with Crippen LogP contribution in [-0.4, -0.2) is 31.0 Å². The highest BCUT2D eigenvalue weighted by molar-refractivity contribution is 5.90. The maximum Gasteiger partial charge on any atom is 0.411 e. The molecule has 2 N–H and O–H groups in total. The number of alkyl halides is 3. The number of carbonyl (C=O) groups is 1. The molecule has 1 aromatic rings. The molecule has 1 aliphatic rings. The summed E-state index contributed by atoms with van der Waals surface area (Å²) in [4.78, 5) is 11.9. The van der Waals surface area contributed by atoms with Gasteiger partial charge in [-0.1, -0.05) is 6.07 Å². The van der Waals surface area contributed by atoms with Gasteiger partial charge in [-0.15, -0.1) is 0 Å². The van der Waals surface area contributed by atoms with Gasteiger partial charge < -0.3 is 15.4 Å². The van der Waals surface area contributed by atoms with Crippen LogP contribution in [0.1, 0.15) is 18.4 Å². The third-order valence-electron chi connectivity index (χ3n) is 3.49. The average molecular weight is 313 g/mol. The molecule has 5 nitrogen and oxygen atoms in total. The lowest BCUT2D eigenvalue weighted by molar-refractivity contribution is -0.212. The Labute approximate surface area is 125 Å². The monoisotopic (exact) mass is 313 g/mol. The number of nitrogens with one attached hydrogen (secondary N) is 2. The summed E-state index contributed by atoms with van der Waals surface area (Å²) in [7, 11) is 0. The predicted molar refractivity (Wildman–Crippen MR) is 72.2 cm³/mol. The van der Waals surface area contributed by atoms with Gasteiger partial charge in [-0.25, -0.2) is 4.79 Å². The maximum atomic E-state index is 13.3. The van der Waals surface area contributed by atoms with Gasteiger partial charge >= 0.3 is 12.2 Å². The summed E-state index contributed by atoms with van der Waals surface area (Å²) in [6, 6.07) is 6.85. The fourth-order valence-electron chi connectivity index (χ4n) is 2.25. The molecule has 2 amide bonds. The van der Waals surface area contributed by atoms with Gasteiger partial charge in [-0.2, -0.15) is 18.4 Å². The first-order chi connectivity index (χ1) is 10.4. The number of rotatable bonds is 2. The van der Waals surface area contributed by atoms with Crippen LogP contribution in [0.15, 0.2) is 24.3 Å². The molecule has 1 fully saturated rings. The summed E-state index contributed by atoms with van der Waals surface area (Å²) in [6.07, 6.45) is -5.23. The van der Waals surface area contributed by atoms with Crippen LogP contribution in [0.5, 0.6) is 0 Å². The van der Waals surface area contributed by atoms with Crippen molar-refractivity contribution in [3.05, 3.63) is 29.8 Å². The van der Waals surface area contributed by atoms with E-state index in [0.717, 1.165) is 0 Å². The van der Waals surface area contributed by atoms with Crippen molar-refractivity contribution in [1.82, 2.24) is 5.32 Å². The fourth-order valence-corrected chi connectivity index (χ4v) is 2.25. The van der Waals surface area contributed by atoms with Crippen molar-refractivity contribution >= 4 is 11.7 Å². The van der Waals surface area contributed by atoms with E-state index in [0.29, 0.717) is 5.56 Å². The molecule has 0 aromatic heterocycles. The number of halogens is 3. The molecule has 1 aliphatic heterocycles. The second-order valence-electron chi connectivity index (χ2n) is 4.96. The predicted octanol–water partition coefficient (Wildman–Crippen LogP) is 2.79. The number of nitriles is 1. The molecule has 0 atom stereocenters. The number of urea groups is 1. The van der Waals surface area contributed by atoms with E-state index in [9.17, 15) is 18.0 Å². The Hall–Kier alpha value is -2.27. The Balaban J connectivity index is 2.10.